The maximum absolute atomic E-state index is 11.1. The molecular formula is C14H13N3O4. The summed E-state index contributed by atoms with van der Waals surface area (Å²) in [4.78, 5) is 10.6. The maximum atomic E-state index is 11.1. The molecule has 0 saturated carbocycles. The zero-order valence-electron chi connectivity index (χ0n) is 11.0. The third-order valence-electron chi connectivity index (χ3n) is 3.17. The van der Waals surface area contributed by atoms with Crippen molar-refractivity contribution in [2.45, 2.75) is 6.54 Å². The van der Waals surface area contributed by atoms with Crippen LogP contribution in [0.3, 0.4) is 0 Å². The van der Waals surface area contributed by atoms with Gasteiger partial charge < -0.3 is 20.5 Å². The standard InChI is InChI=1S/C14H13N3O4/c15-10-2-1-3-11(14(10)17(18)19)16-7-9-4-5-12-13(6-9)21-8-20-12/h1-6,16H,7-8,15H2. The van der Waals surface area contributed by atoms with Gasteiger partial charge in [-0.3, -0.25) is 10.1 Å². The van der Waals surface area contributed by atoms with Crippen LogP contribution >= 0.6 is 0 Å². The summed E-state index contributed by atoms with van der Waals surface area (Å²) in [5.74, 6) is 1.38. The van der Waals surface area contributed by atoms with E-state index in [0.717, 1.165) is 5.56 Å². The molecule has 2 aromatic rings. The molecule has 0 fully saturated rings. The number of hydrogen-bond acceptors (Lipinski definition) is 6. The van der Waals surface area contributed by atoms with Crippen molar-refractivity contribution in [1.82, 2.24) is 0 Å². The number of ether oxygens (including phenoxy) is 2. The topological polar surface area (TPSA) is 99.7 Å². The highest BCUT2D eigenvalue weighted by Crippen LogP contribution is 2.34. The van der Waals surface area contributed by atoms with Crippen molar-refractivity contribution in [2.24, 2.45) is 0 Å². The van der Waals surface area contributed by atoms with Crippen molar-refractivity contribution in [2.75, 3.05) is 17.8 Å². The summed E-state index contributed by atoms with van der Waals surface area (Å²) in [7, 11) is 0. The highest BCUT2D eigenvalue weighted by molar-refractivity contribution is 5.74. The number of hydrogen-bond donors (Lipinski definition) is 2. The molecule has 7 nitrogen and oxygen atoms in total. The molecule has 0 radical (unpaired) electrons. The number of nitrogens with one attached hydrogen (secondary N) is 1. The Labute approximate surface area is 120 Å². The second kappa shape index (κ2) is 5.20. The number of nitro benzene ring substituents is 1. The van der Waals surface area contributed by atoms with Gasteiger partial charge in [-0.2, -0.15) is 0 Å². The highest BCUT2D eigenvalue weighted by Gasteiger charge is 2.18. The van der Waals surface area contributed by atoms with Crippen LogP contribution in [-0.4, -0.2) is 11.7 Å². The van der Waals surface area contributed by atoms with E-state index in [-0.39, 0.29) is 18.2 Å². The zero-order chi connectivity index (χ0) is 14.8. The average Bonchev–Trinajstić information content (AvgIpc) is 2.92. The molecule has 0 unspecified atom stereocenters. The van der Waals surface area contributed by atoms with Gasteiger partial charge in [0.05, 0.1) is 4.92 Å². The van der Waals surface area contributed by atoms with E-state index in [1.165, 1.54) is 6.07 Å². The fourth-order valence-corrected chi connectivity index (χ4v) is 2.16. The minimum Gasteiger partial charge on any atom is -0.454 e. The summed E-state index contributed by atoms with van der Waals surface area (Å²) in [5.41, 5.74) is 6.98. The van der Waals surface area contributed by atoms with Crippen LogP contribution in [0.5, 0.6) is 11.5 Å². The first-order chi connectivity index (χ1) is 10.1. The Morgan fingerprint density at radius 1 is 1.24 bits per heavy atom. The summed E-state index contributed by atoms with van der Waals surface area (Å²) in [6, 6.07) is 10.3. The Kier molecular flexibility index (Phi) is 3.23. The van der Waals surface area contributed by atoms with Crippen LogP contribution < -0.4 is 20.5 Å². The van der Waals surface area contributed by atoms with Crippen LogP contribution in [0.1, 0.15) is 5.56 Å². The van der Waals surface area contributed by atoms with Gasteiger partial charge in [-0.1, -0.05) is 12.1 Å². The van der Waals surface area contributed by atoms with Crippen LogP contribution in [0.15, 0.2) is 36.4 Å². The van der Waals surface area contributed by atoms with Gasteiger partial charge in [0.2, 0.25) is 6.79 Å². The van der Waals surface area contributed by atoms with E-state index in [1.807, 2.05) is 18.2 Å². The summed E-state index contributed by atoms with van der Waals surface area (Å²) in [6.07, 6.45) is 0. The second-order valence-corrected chi connectivity index (χ2v) is 4.54. The lowest BCUT2D eigenvalue weighted by molar-refractivity contribution is -0.383. The van der Waals surface area contributed by atoms with E-state index >= 15 is 0 Å². The van der Waals surface area contributed by atoms with Crippen molar-refractivity contribution in [1.29, 1.82) is 0 Å². The molecule has 3 N–H and O–H groups in total. The maximum Gasteiger partial charge on any atom is 0.314 e. The van der Waals surface area contributed by atoms with Crippen molar-refractivity contribution in [3.05, 3.63) is 52.1 Å². The molecule has 2 aromatic carbocycles. The molecule has 0 spiro atoms. The summed E-state index contributed by atoms with van der Waals surface area (Å²) in [5, 5.41) is 14.1. The molecule has 0 saturated heterocycles. The number of fused-ring (bicyclic) bond motifs is 1. The van der Waals surface area contributed by atoms with Crippen LogP contribution in [0.2, 0.25) is 0 Å². The smallest absolute Gasteiger partial charge is 0.314 e. The summed E-state index contributed by atoms with van der Waals surface area (Å²) < 4.78 is 10.5. The van der Waals surface area contributed by atoms with Gasteiger partial charge in [0.15, 0.2) is 11.5 Å². The highest BCUT2D eigenvalue weighted by atomic mass is 16.7. The number of nitro groups is 1. The molecule has 0 amide bonds. The van der Waals surface area contributed by atoms with Gasteiger partial charge >= 0.3 is 5.69 Å². The molecule has 0 bridgehead atoms. The van der Waals surface area contributed by atoms with E-state index < -0.39 is 4.92 Å². The van der Waals surface area contributed by atoms with Gasteiger partial charge in [-0.25, -0.2) is 0 Å². The van der Waals surface area contributed by atoms with E-state index in [1.54, 1.807) is 12.1 Å². The van der Waals surface area contributed by atoms with Crippen LogP contribution in [0.25, 0.3) is 0 Å². The number of rotatable bonds is 4. The number of para-hydroxylation sites is 1. The minimum absolute atomic E-state index is 0.113. The van der Waals surface area contributed by atoms with Gasteiger partial charge in [0.25, 0.3) is 0 Å². The van der Waals surface area contributed by atoms with E-state index in [9.17, 15) is 10.1 Å². The predicted octanol–water partition coefficient (Wildman–Crippen LogP) is 2.52. The fourth-order valence-electron chi connectivity index (χ4n) is 2.16. The average molecular weight is 287 g/mol. The SMILES string of the molecule is Nc1cccc(NCc2ccc3c(c2)OCO3)c1[N+](=O)[O-]. The molecule has 0 aliphatic carbocycles. The van der Waals surface area contributed by atoms with Crippen LogP contribution in [0.4, 0.5) is 17.1 Å². The third kappa shape index (κ3) is 2.53. The van der Waals surface area contributed by atoms with Crippen molar-refractivity contribution >= 4 is 17.1 Å². The number of benzene rings is 2. The number of anilines is 2. The normalized spacial score (nSPS) is 12.2. The predicted molar refractivity (Wildman–Crippen MR) is 77.4 cm³/mol. The first-order valence-corrected chi connectivity index (χ1v) is 6.30. The fraction of sp³-hybridized carbons (Fsp3) is 0.143. The second-order valence-electron chi connectivity index (χ2n) is 4.54. The Balaban J connectivity index is 1.79. The Hall–Kier alpha value is -2.96. The first-order valence-electron chi connectivity index (χ1n) is 6.30. The lowest BCUT2D eigenvalue weighted by Gasteiger charge is -2.09. The van der Waals surface area contributed by atoms with Gasteiger partial charge in [0, 0.05) is 6.54 Å². The first kappa shape index (κ1) is 13.0. The molecule has 7 heteroatoms. The van der Waals surface area contributed by atoms with Crippen LogP contribution in [0, 0.1) is 10.1 Å². The lowest BCUT2D eigenvalue weighted by Crippen LogP contribution is -2.04. The number of nitrogen functional groups attached to an aromatic ring is 1. The van der Waals surface area contributed by atoms with Crippen molar-refractivity contribution in [3.63, 3.8) is 0 Å². The monoisotopic (exact) mass is 287 g/mol. The van der Waals surface area contributed by atoms with Gasteiger partial charge in [-0.15, -0.1) is 0 Å². The minimum atomic E-state index is -0.489. The Bertz CT molecular complexity index is 703. The number of nitrogens with zero attached hydrogens (tertiary/aromatic N) is 1. The molecule has 1 aliphatic rings. The van der Waals surface area contributed by atoms with Crippen molar-refractivity contribution < 1.29 is 14.4 Å². The molecule has 1 aliphatic heterocycles. The molecule has 3 rings (SSSR count). The largest absolute Gasteiger partial charge is 0.454 e. The third-order valence-corrected chi connectivity index (χ3v) is 3.17. The van der Waals surface area contributed by atoms with E-state index in [2.05, 4.69) is 5.32 Å². The summed E-state index contributed by atoms with van der Waals surface area (Å²) in [6.45, 7) is 0.633. The molecule has 1 heterocycles. The zero-order valence-corrected chi connectivity index (χ0v) is 11.0. The van der Waals surface area contributed by atoms with Crippen molar-refractivity contribution in [3.8, 4) is 11.5 Å². The van der Waals surface area contributed by atoms with Gasteiger partial charge in [-0.05, 0) is 29.8 Å². The molecule has 0 aromatic heterocycles. The van der Waals surface area contributed by atoms with E-state index in [0.29, 0.717) is 23.7 Å². The Morgan fingerprint density at radius 2 is 2.05 bits per heavy atom. The van der Waals surface area contributed by atoms with Gasteiger partial charge in [0.1, 0.15) is 11.4 Å². The molecular weight excluding hydrogens is 274 g/mol. The lowest BCUT2D eigenvalue weighted by atomic mass is 10.2. The van der Waals surface area contributed by atoms with E-state index in [4.69, 9.17) is 15.2 Å². The summed E-state index contributed by atoms with van der Waals surface area (Å²) >= 11 is 0. The molecule has 0 atom stereocenters. The Morgan fingerprint density at radius 3 is 2.86 bits per heavy atom. The quantitative estimate of drug-likeness (QED) is 0.509. The van der Waals surface area contributed by atoms with Crippen LogP contribution in [-0.2, 0) is 6.54 Å². The number of nitrogens with two attached hydrogens (primary N) is 1. The molecule has 108 valence electrons. The molecule has 21 heavy (non-hydrogen) atoms.